The molecule has 2 nitrogen and oxygen atoms in total. The molecular formula is C3H6BrO2S-. The van der Waals surface area contributed by atoms with E-state index in [9.17, 15) is 8.76 Å². The molecule has 0 amide bonds. The minimum Gasteiger partial charge on any atom is -0.771 e. The highest BCUT2D eigenvalue weighted by Gasteiger charge is 2.11. The third-order valence-corrected chi connectivity index (χ3v) is 1.98. The van der Waals surface area contributed by atoms with Gasteiger partial charge in [-0.05, 0) is 24.9 Å². The number of halogens is 1. The zero-order chi connectivity index (χ0) is 6.08. The molecule has 0 heterocycles. The van der Waals surface area contributed by atoms with Crippen molar-refractivity contribution < 1.29 is 8.76 Å². The van der Waals surface area contributed by atoms with Crippen LogP contribution in [0, 0.1) is 0 Å². The predicted octanol–water partition coefficient (Wildman–Crippen LogP) is 0.997. The lowest BCUT2D eigenvalue weighted by Gasteiger charge is -2.18. The summed E-state index contributed by atoms with van der Waals surface area (Å²) in [7, 11) is 0. The van der Waals surface area contributed by atoms with Crippen LogP contribution in [0.4, 0.5) is 0 Å². The van der Waals surface area contributed by atoms with Crippen LogP contribution in [-0.2, 0) is 11.1 Å². The zero-order valence-corrected chi connectivity index (χ0v) is 6.51. The summed E-state index contributed by atoms with van der Waals surface area (Å²) in [6.45, 7) is 3.13. The fourth-order valence-electron chi connectivity index (χ4n) is 0. The molecule has 0 aromatic carbocycles. The minimum absolute atomic E-state index is 0.771. The smallest absolute Gasteiger partial charge is 0.0819 e. The van der Waals surface area contributed by atoms with Crippen molar-refractivity contribution in [1.29, 1.82) is 0 Å². The summed E-state index contributed by atoms with van der Waals surface area (Å²) in [5, 5.41) is 0. The Bertz CT molecular complexity index is 85.4. The first-order chi connectivity index (χ1) is 2.94. The first-order valence-electron chi connectivity index (χ1n) is 1.73. The minimum atomic E-state index is -2.02. The molecule has 0 aliphatic carbocycles. The summed E-state index contributed by atoms with van der Waals surface area (Å²) < 4.78 is 19.2. The molecule has 0 saturated heterocycles. The summed E-state index contributed by atoms with van der Waals surface area (Å²) in [6, 6.07) is 0. The molecule has 1 atom stereocenters. The van der Waals surface area contributed by atoms with Crippen LogP contribution in [0.25, 0.3) is 0 Å². The van der Waals surface area contributed by atoms with Crippen molar-refractivity contribution in [2.24, 2.45) is 0 Å². The first kappa shape index (κ1) is 7.59. The largest absolute Gasteiger partial charge is 0.771 e. The number of rotatable bonds is 1. The maximum absolute atomic E-state index is 9.97. The second-order valence-corrected chi connectivity index (χ2v) is 5.60. The van der Waals surface area contributed by atoms with Gasteiger partial charge in [0.15, 0.2) is 0 Å². The van der Waals surface area contributed by atoms with E-state index in [-0.39, 0.29) is 0 Å². The van der Waals surface area contributed by atoms with Crippen LogP contribution in [0.15, 0.2) is 0 Å². The Morgan fingerprint density at radius 2 is 1.86 bits per heavy atom. The summed E-state index contributed by atoms with van der Waals surface area (Å²) in [4.78, 5) is 0. The van der Waals surface area contributed by atoms with E-state index < -0.39 is 14.7 Å². The Hall–Kier alpha value is 0.590. The summed E-state index contributed by atoms with van der Waals surface area (Å²) >= 11 is 0.914. The number of hydrogen-bond donors (Lipinski definition) is 0. The Kier molecular flexibility index (Phi) is 2.43. The van der Waals surface area contributed by atoms with Gasteiger partial charge in [-0.25, -0.2) is 0 Å². The Morgan fingerprint density at radius 3 is 1.86 bits per heavy atom. The quantitative estimate of drug-likeness (QED) is 0.452. The SMILES string of the molecule is CC(C)(Br)S(=O)[O-]. The van der Waals surface area contributed by atoms with Gasteiger partial charge in [-0.3, -0.25) is 4.21 Å². The van der Waals surface area contributed by atoms with Crippen molar-refractivity contribution in [2.45, 2.75) is 17.5 Å². The maximum Gasteiger partial charge on any atom is 0.0819 e. The fourth-order valence-corrected chi connectivity index (χ4v) is 0. The normalized spacial score (nSPS) is 16.6. The van der Waals surface area contributed by atoms with Crippen LogP contribution in [-0.4, -0.2) is 12.4 Å². The number of hydrogen-bond acceptors (Lipinski definition) is 2. The van der Waals surface area contributed by atoms with Gasteiger partial charge in [-0.1, -0.05) is 15.9 Å². The molecule has 0 aromatic rings. The Morgan fingerprint density at radius 1 is 1.71 bits per heavy atom. The fraction of sp³-hybridized carbons (Fsp3) is 1.00. The van der Waals surface area contributed by atoms with Gasteiger partial charge in [0.25, 0.3) is 0 Å². The molecule has 0 aromatic heterocycles. The molecular weight excluding hydrogens is 180 g/mol. The Balaban J connectivity index is 3.79. The molecule has 0 aliphatic heterocycles. The van der Waals surface area contributed by atoms with Crippen molar-refractivity contribution in [2.75, 3.05) is 0 Å². The topological polar surface area (TPSA) is 40.1 Å². The van der Waals surface area contributed by atoms with E-state index >= 15 is 0 Å². The van der Waals surface area contributed by atoms with E-state index in [0.29, 0.717) is 0 Å². The van der Waals surface area contributed by atoms with Gasteiger partial charge in [0, 0.05) is 0 Å². The van der Waals surface area contributed by atoms with Crippen molar-refractivity contribution in [3.05, 3.63) is 0 Å². The highest BCUT2D eigenvalue weighted by molar-refractivity contribution is 9.11. The summed E-state index contributed by atoms with van der Waals surface area (Å²) in [6.07, 6.45) is 0. The van der Waals surface area contributed by atoms with E-state index in [1.54, 1.807) is 13.8 Å². The average molecular weight is 186 g/mol. The van der Waals surface area contributed by atoms with E-state index in [0.717, 1.165) is 0 Å². The van der Waals surface area contributed by atoms with Crippen LogP contribution < -0.4 is 0 Å². The molecule has 0 bridgehead atoms. The lowest BCUT2D eigenvalue weighted by Crippen LogP contribution is -2.16. The molecule has 0 radical (unpaired) electrons. The predicted molar refractivity (Wildman–Crippen MR) is 31.9 cm³/mol. The molecule has 4 heteroatoms. The molecule has 0 rings (SSSR count). The average Bonchev–Trinajstić information content (AvgIpc) is 1.31. The van der Waals surface area contributed by atoms with Gasteiger partial charge < -0.3 is 4.55 Å². The van der Waals surface area contributed by atoms with Crippen LogP contribution >= 0.6 is 15.9 Å². The van der Waals surface area contributed by atoms with Crippen molar-refractivity contribution in [1.82, 2.24) is 0 Å². The van der Waals surface area contributed by atoms with Gasteiger partial charge in [0.05, 0.1) is 3.66 Å². The second-order valence-electron chi connectivity index (χ2n) is 1.60. The van der Waals surface area contributed by atoms with Crippen molar-refractivity contribution in [3.8, 4) is 0 Å². The lowest BCUT2D eigenvalue weighted by atomic mass is 10.6. The van der Waals surface area contributed by atoms with Gasteiger partial charge in [-0.2, -0.15) is 0 Å². The first-order valence-corrected chi connectivity index (χ1v) is 3.59. The highest BCUT2D eigenvalue weighted by Crippen LogP contribution is 2.17. The summed E-state index contributed by atoms with van der Waals surface area (Å²) in [5.41, 5.74) is 0. The molecule has 7 heavy (non-hydrogen) atoms. The zero-order valence-electron chi connectivity index (χ0n) is 4.10. The van der Waals surface area contributed by atoms with Gasteiger partial charge in [0.1, 0.15) is 0 Å². The Labute approximate surface area is 53.7 Å². The molecule has 0 saturated carbocycles. The van der Waals surface area contributed by atoms with E-state index in [2.05, 4.69) is 15.9 Å². The summed E-state index contributed by atoms with van der Waals surface area (Å²) in [5.74, 6) is 0. The van der Waals surface area contributed by atoms with Gasteiger partial charge in [0.2, 0.25) is 0 Å². The van der Waals surface area contributed by atoms with E-state index in [4.69, 9.17) is 0 Å². The van der Waals surface area contributed by atoms with Crippen molar-refractivity contribution >= 4 is 27.0 Å². The molecule has 0 aliphatic rings. The second kappa shape index (κ2) is 2.24. The van der Waals surface area contributed by atoms with Crippen LogP contribution in [0.3, 0.4) is 0 Å². The van der Waals surface area contributed by atoms with Crippen LogP contribution in [0.1, 0.15) is 13.8 Å². The highest BCUT2D eigenvalue weighted by atomic mass is 79.9. The molecule has 0 N–H and O–H groups in total. The molecule has 44 valence electrons. The standard InChI is InChI=1S/C3H7BrO2S/c1-3(2,4)7(5)6/h1-2H3,(H,5,6)/p-1. The molecule has 0 fully saturated rings. The van der Waals surface area contributed by atoms with Crippen LogP contribution in [0.5, 0.6) is 0 Å². The van der Waals surface area contributed by atoms with Crippen LogP contribution in [0.2, 0.25) is 0 Å². The third kappa shape index (κ3) is 3.20. The van der Waals surface area contributed by atoms with Gasteiger partial charge >= 0.3 is 0 Å². The molecule has 0 spiro atoms. The van der Waals surface area contributed by atoms with E-state index in [1.807, 2.05) is 0 Å². The monoisotopic (exact) mass is 185 g/mol. The lowest BCUT2D eigenvalue weighted by molar-refractivity contribution is 0.525. The molecule has 1 unspecified atom stereocenters. The maximum atomic E-state index is 9.97. The van der Waals surface area contributed by atoms with Crippen molar-refractivity contribution in [3.63, 3.8) is 0 Å². The van der Waals surface area contributed by atoms with E-state index in [1.165, 1.54) is 0 Å². The third-order valence-electron chi connectivity index (χ3n) is 0.396. The van der Waals surface area contributed by atoms with Gasteiger partial charge in [-0.15, -0.1) is 0 Å². The number of alkyl halides is 1.